The monoisotopic (exact) mass is 352 g/mol. The van der Waals surface area contributed by atoms with E-state index in [2.05, 4.69) is 44.4 Å². The summed E-state index contributed by atoms with van der Waals surface area (Å²) in [6.45, 7) is 4.08. The second-order valence-electron chi connectivity index (χ2n) is 6.13. The minimum atomic E-state index is 0.00668. The number of hydrogen-bond acceptors (Lipinski definition) is 5. The van der Waals surface area contributed by atoms with Gasteiger partial charge >= 0.3 is 0 Å². The zero-order chi connectivity index (χ0) is 17.1. The second kappa shape index (κ2) is 7.21. The van der Waals surface area contributed by atoms with E-state index in [1.807, 2.05) is 30.3 Å². The van der Waals surface area contributed by atoms with Crippen LogP contribution in [-0.4, -0.2) is 48.5 Å². The highest BCUT2D eigenvalue weighted by Gasteiger charge is 2.19. The van der Waals surface area contributed by atoms with Crippen LogP contribution in [0.5, 0.6) is 0 Å². The number of nitrogens with one attached hydrogen (secondary N) is 1. The first kappa shape index (κ1) is 16.1. The molecule has 0 unspecified atom stereocenters. The van der Waals surface area contributed by atoms with Crippen LogP contribution in [0.4, 0.5) is 10.8 Å². The molecular formula is C19H20N4OS. The molecule has 1 aromatic heterocycles. The Hall–Kier alpha value is -2.44. The minimum absolute atomic E-state index is 0.00668. The summed E-state index contributed by atoms with van der Waals surface area (Å²) in [5, 5.41) is 3.61. The molecule has 0 radical (unpaired) electrons. The van der Waals surface area contributed by atoms with Gasteiger partial charge in [0.2, 0.25) is 5.91 Å². The summed E-state index contributed by atoms with van der Waals surface area (Å²) in [7, 11) is 0. The van der Waals surface area contributed by atoms with Gasteiger partial charge in [-0.05, 0) is 24.3 Å². The molecule has 1 amide bonds. The van der Waals surface area contributed by atoms with Crippen molar-refractivity contribution in [3.63, 3.8) is 0 Å². The van der Waals surface area contributed by atoms with E-state index in [1.165, 1.54) is 17.0 Å². The maximum atomic E-state index is 12.3. The average molecular weight is 352 g/mol. The van der Waals surface area contributed by atoms with Gasteiger partial charge in [-0.3, -0.25) is 9.69 Å². The largest absolute Gasteiger partial charge is 0.369 e. The van der Waals surface area contributed by atoms with Gasteiger partial charge in [-0.15, -0.1) is 0 Å². The number of amides is 1. The van der Waals surface area contributed by atoms with E-state index >= 15 is 0 Å². The maximum Gasteiger partial charge on any atom is 0.240 e. The molecule has 5 nitrogen and oxygen atoms in total. The van der Waals surface area contributed by atoms with Gasteiger partial charge in [0.05, 0.1) is 16.8 Å². The molecule has 1 N–H and O–H groups in total. The highest BCUT2D eigenvalue weighted by molar-refractivity contribution is 7.22. The van der Waals surface area contributed by atoms with Crippen LogP contribution in [0.15, 0.2) is 54.6 Å². The molecule has 6 heteroatoms. The van der Waals surface area contributed by atoms with Crippen molar-refractivity contribution >= 4 is 38.3 Å². The normalized spacial score (nSPS) is 15.4. The number of aromatic nitrogens is 1. The summed E-state index contributed by atoms with van der Waals surface area (Å²) in [6.07, 6.45) is 0. The quantitative estimate of drug-likeness (QED) is 0.784. The lowest BCUT2D eigenvalue weighted by Crippen LogP contribution is -2.48. The van der Waals surface area contributed by atoms with Gasteiger partial charge < -0.3 is 10.2 Å². The summed E-state index contributed by atoms with van der Waals surface area (Å²) in [5.41, 5.74) is 2.18. The first-order valence-corrected chi connectivity index (χ1v) is 9.27. The predicted molar refractivity (Wildman–Crippen MR) is 103 cm³/mol. The van der Waals surface area contributed by atoms with E-state index in [1.54, 1.807) is 0 Å². The van der Waals surface area contributed by atoms with Gasteiger partial charge in [-0.2, -0.15) is 0 Å². The predicted octanol–water partition coefficient (Wildman–Crippen LogP) is 3.06. The van der Waals surface area contributed by atoms with Crippen molar-refractivity contribution in [1.82, 2.24) is 9.88 Å². The Morgan fingerprint density at radius 2 is 1.72 bits per heavy atom. The number of para-hydroxylation sites is 2. The molecule has 0 aliphatic carbocycles. The molecule has 0 saturated carbocycles. The lowest BCUT2D eigenvalue weighted by Gasteiger charge is -2.35. The summed E-state index contributed by atoms with van der Waals surface area (Å²) < 4.78 is 1.09. The lowest BCUT2D eigenvalue weighted by molar-refractivity contribution is -0.117. The Labute approximate surface area is 150 Å². The van der Waals surface area contributed by atoms with Gasteiger partial charge in [-0.25, -0.2) is 4.98 Å². The Kier molecular flexibility index (Phi) is 4.63. The lowest BCUT2D eigenvalue weighted by atomic mass is 10.2. The molecule has 4 rings (SSSR count). The number of rotatable bonds is 4. The first-order valence-electron chi connectivity index (χ1n) is 8.46. The van der Waals surface area contributed by atoms with Crippen molar-refractivity contribution in [1.29, 1.82) is 0 Å². The number of nitrogens with zero attached hydrogens (tertiary/aromatic N) is 3. The molecule has 2 aromatic carbocycles. The molecule has 1 aliphatic heterocycles. The summed E-state index contributed by atoms with van der Waals surface area (Å²) >= 11 is 1.52. The molecule has 2 heterocycles. The molecule has 128 valence electrons. The summed E-state index contributed by atoms with van der Waals surface area (Å²) in [4.78, 5) is 21.3. The summed E-state index contributed by atoms with van der Waals surface area (Å²) in [5.74, 6) is 0.00668. The van der Waals surface area contributed by atoms with Crippen molar-refractivity contribution in [3.8, 4) is 0 Å². The maximum absolute atomic E-state index is 12.3. The minimum Gasteiger partial charge on any atom is -0.369 e. The Bertz CT molecular complexity index is 823. The van der Waals surface area contributed by atoms with Crippen LogP contribution in [-0.2, 0) is 4.79 Å². The van der Waals surface area contributed by atoms with Crippen LogP contribution in [0.2, 0.25) is 0 Å². The van der Waals surface area contributed by atoms with E-state index in [9.17, 15) is 4.79 Å². The fraction of sp³-hybridized carbons (Fsp3) is 0.263. The number of carbonyl (C=O) groups excluding carboxylic acids is 1. The number of thiazole rings is 1. The Balaban J connectivity index is 1.30. The smallest absolute Gasteiger partial charge is 0.240 e. The molecular weight excluding hydrogens is 332 g/mol. The van der Waals surface area contributed by atoms with E-state index in [-0.39, 0.29) is 5.91 Å². The third-order valence-electron chi connectivity index (χ3n) is 4.40. The van der Waals surface area contributed by atoms with Crippen molar-refractivity contribution < 1.29 is 4.79 Å². The van der Waals surface area contributed by atoms with Crippen molar-refractivity contribution in [2.45, 2.75) is 0 Å². The standard InChI is InChI=1S/C19H20N4OS/c24-18(21-19-20-16-8-4-5-9-17(16)25-19)14-22-10-12-23(13-11-22)15-6-2-1-3-7-15/h1-9H,10-14H2,(H,20,21,24). The number of anilines is 2. The topological polar surface area (TPSA) is 48.5 Å². The highest BCUT2D eigenvalue weighted by atomic mass is 32.1. The Morgan fingerprint density at radius 3 is 2.48 bits per heavy atom. The van der Waals surface area contributed by atoms with E-state index in [4.69, 9.17) is 0 Å². The highest BCUT2D eigenvalue weighted by Crippen LogP contribution is 2.25. The number of fused-ring (bicyclic) bond motifs is 1. The average Bonchev–Trinajstić information content (AvgIpc) is 3.05. The molecule has 1 fully saturated rings. The van der Waals surface area contributed by atoms with Crippen LogP contribution in [0, 0.1) is 0 Å². The van der Waals surface area contributed by atoms with Gasteiger partial charge in [0.1, 0.15) is 0 Å². The molecule has 25 heavy (non-hydrogen) atoms. The van der Waals surface area contributed by atoms with Crippen molar-refractivity contribution in [3.05, 3.63) is 54.6 Å². The molecule has 0 atom stereocenters. The molecule has 0 bridgehead atoms. The van der Waals surface area contributed by atoms with E-state index in [0.717, 1.165) is 36.4 Å². The summed E-state index contributed by atoms with van der Waals surface area (Å²) in [6, 6.07) is 18.4. The number of benzene rings is 2. The zero-order valence-electron chi connectivity index (χ0n) is 13.9. The zero-order valence-corrected chi connectivity index (χ0v) is 14.7. The SMILES string of the molecule is O=C(CN1CCN(c2ccccc2)CC1)Nc1nc2ccccc2s1. The third-order valence-corrected chi connectivity index (χ3v) is 5.35. The van der Waals surface area contributed by atoms with Crippen LogP contribution in [0.25, 0.3) is 10.2 Å². The van der Waals surface area contributed by atoms with Crippen LogP contribution < -0.4 is 10.2 Å². The molecule has 1 saturated heterocycles. The Morgan fingerprint density at radius 1 is 1.00 bits per heavy atom. The van der Waals surface area contributed by atoms with E-state index in [0.29, 0.717) is 11.7 Å². The van der Waals surface area contributed by atoms with Gasteiger partial charge in [0, 0.05) is 31.9 Å². The van der Waals surface area contributed by atoms with Gasteiger partial charge in [0.25, 0.3) is 0 Å². The fourth-order valence-electron chi connectivity index (χ4n) is 3.09. The van der Waals surface area contributed by atoms with Gasteiger partial charge in [0.15, 0.2) is 5.13 Å². The van der Waals surface area contributed by atoms with E-state index < -0.39 is 0 Å². The number of carbonyl (C=O) groups is 1. The van der Waals surface area contributed by atoms with Crippen molar-refractivity contribution in [2.24, 2.45) is 0 Å². The van der Waals surface area contributed by atoms with Gasteiger partial charge in [-0.1, -0.05) is 41.7 Å². The fourth-order valence-corrected chi connectivity index (χ4v) is 3.97. The second-order valence-corrected chi connectivity index (χ2v) is 7.16. The number of piperazine rings is 1. The third kappa shape index (κ3) is 3.81. The first-order chi connectivity index (χ1) is 12.3. The van der Waals surface area contributed by atoms with Crippen LogP contribution >= 0.6 is 11.3 Å². The molecule has 1 aliphatic rings. The molecule has 3 aromatic rings. The van der Waals surface area contributed by atoms with Crippen LogP contribution in [0.3, 0.4) is 0 Å². The molecule has 0 spiro atoms. The van der Waals surface area contributed by atoms with Crippen molar-refractivity contribution in [2.75, 3.05) is 42.9 Å². The van der Waals surface area contributed by atoms with Crippen LogP contribution in [0.1, 0.15) is 0 Å². The number of hydrogen-bond donors (Lipinski definition) is 1.